The lowest BCUT2D eigenvalue weighted by molar-refractivity contribution is -0.124. The van der Waals surface area contributed by atoms with E-state index in [9.17, 15) is 4.79 Å². The molecular weight excluding hydrogens is 336 g/mol. The summed E-state index contributed by atoms with van der Waals surface area (Å²) in [6.07, 6.45) is 3.15. The number of nitrogens with one attached hydrogen (secondary N) is 1. The molecule has 2 aromatic rings. The van der Waals surface area contributed by atoms with Crippen LogP contribution in [-0.4, -0.2) is 47.7 Å². The number of hydrogen-bond acceptors (Lipinski definition) is 6. The first-order valence-corrected chi connectivity index (χ1v) is 8.37. The maximum absolute atomic E-state index is 12.2. The number of amides is 1. The number of para-hydroxylation sites is 1. The average Bonchev–Trinajstić information content (AvgIpc) is 3.30. The Balaban J connectivity index is 1.52. The second kappa shape index (κ2) is 8.36. The van der Waals surface area contributed by atoms with Gasteiger partial charge in [-0.2, -0.15) is 10.4 Å². The summed E-state index contributed by atoms with van der Waals surface area (Å²) in [6, 6.07) is 8.53. The molecule has 1 saturated heterocycles. The second-order valence-corrected chi connectivity index (χ2v) is 5.80. The van der Waals surface area contributed by atoms with E-state index in [0.29, 0.717) is 30.3 Å². The van der Waals surface area contributed by atoms with Crippen LogP contribution in [0, 0.1) is 11.3 Å². The lowest BCUT2D eigenvalue weighted by atomic mass is 10.2. The van der Waals surface area contributed by atoms with Gasteiger partial charge in [0.15, 0.2) is 12.4 Å². The minimum atomic E-state index is -0.300. The van der Waals surface area contributed by atoms with Crippen LogP contribution in [0.25, 0.3) is 0 Å². The first kappa shape index (κ1) is 17.8. The van der Waals surface area contributed by atoms with Crippen molar-refractivity contribution in [1.82, 2.24) is 15.1 Å². The lowest BCUT2D eigenvalue weighted by Gasteiger charge is -2.19. The van der Waals surface area contributed by atoms with Crippen molar-refractivity contribution in [2.24, 2.45) is 0 Å². The number of rotatable bonds is 7. The van der Waals surface area contributed by atoms with Crippen molar-refractivity contribution in [2.75, 3.05) is 19.8 Å². The largest absolute Gasteiger partial charge is 0.482 e. The van der Waals surface area contributed by atoms with Crippen molar-refractivity contribution >= 4 is 5.91 Å². The number of aryl methyl sites for hydroxylation is 1. The van der Waals surface area contributed by atoms with Gasteiger partial charge < -0.3 is 19.5 Å². The smallest absolute Gasteiger partial charge is 0.258 e. The van der Waals surface area contributed by atoms with E-state index >= 15 is 0 Å². The number of hydrogen-bond donors (Lipinski definition) is 1. The second-order valence-electron chi connectivity index (χ2n) is 5.80. The van der Waals surface area contributed by atoms with E-state index in [1.165, 1.54) is 0 Å². The molecule has 1 N–H and O–H groups in total. The minimum absolute atomic E-state index is 0.185. The summed E-state index contributed by atoms with van der Waals surface area (Å²) in [6.45, 7) is 3.32. The van der Waals surface area contributed by atoms with E-state index in [4.69, 9.17) is 19.5 Å². The highest BCUT2D eigenvalue weighted by Crippen LogP contribution is 2.18. The molecule has 0 spiro atoms. The van der Waals surface area contributed by atoms with Gasteiger partial charge in [-0.25, -0.2) is 0 Å². The molecular formula is C18H20N4O4. The minimum Gasteiger partial charge on any atom is -0.482 e. The standard InChI is InChI=1S/C18H20N4O4/c1-2-22-9-14(8-20-22)26-17-11-24-10-15(17)21-18(23)12-25-16-6-4-3-5-13(16)7-19/h3-6,8-9,15,17H,2,10-12H2,1H3,(H,21,23)/t15-,17+/m0/s1. The Morgan fingerprint density at radius 3 is 3.08 bits per heavy atom. The van der Waals surface area contributed by atoms with Crippen molar-refractivity contribution in [2.45, 2.75) is 25.6 Å². The fraction of sp³-hybridized carbons (Fsp3) is 0.389. The predicted molar refractivity (Wildman–Crippen MR) is 91.7 cm³/mol. The van der Waals surface area contributed by atoms with E-state index in [-0.39, 0.29) is 24.7 Å². The van der Waals surface area contributed by atoms with Crippen LogP contribution in [0.3, 0.4) is 0 Å². The highest BCUT2D eigenvalue weighted by atomic mass is 16.5. The molecule has 0 unspecified atom stereocenters. The molecule has 8 heteroatoms. The van der Waals surface area contributed by atoms with Crippen molar-refractivity contribution in [3.8, 4) is 17.6 Å². The van der Waals surface area contributed by atoms with Gasteiger partial charge in [0.05, 0.1) is 37.2 Å². The third-order valence-corrected chi connectivity index (χ3v) is 3.96. The van der Waals surface area contributed by atoms with E-state index < -0.39 is 0 Å². The van der Waals surface area contributed by atoms with Gasteiger partial charge in [0.2, 0.25) is 0 Å². The maximum atomic E-state index is 12.2. The highest BCUT2D eigenvalue weighted by Gasteiger charge is 2.31. The zero-order valence-electron chi connectivity index (χ0n) is 14.4. The molecule has 0 saturated carbocycles. The number of aromatic nitrogens is 2. The van der Waals surface area contributed by atoms with Gasteiger partial charge in [0.25, 0.3) is 5.91 Å². The quantitative estimate of drug-likeness (QED) is 0.798. The maximum Gasteiger partial charge on any atom is 0.258 e. The fourth-order valence-electron chi connectivity index (χ4n) is 2.62. The van der Waals surface area contributed by atoms with Crippen molar-refractivity contribution < 1.29 is 19.0 Å². The zero-order chi connectivity index (χ0) is 18.4. The summed E-state index contributed by atoms with van der Waals surface area (Å²) in [5.41, 5.74) is 0.388. The number of nitriles is 1. The SMILES string of the molecule is CCn1cc(O[C@@H]2COC[C@@H]2NC(=O)COc2ccccc2C#N)cn1. The molecule has 2 heterocycles. The molecule has 1 amide bonds. The van der Waals surface area contributed by atoms with Crippen LogP contribution in [0.15, 0.2) is 36.7 Å². The first-order chi connectivity index (χ1) is 12.7. The molecule has 26 heavy (non-hydrogen) atoms. The monoisotopic (exact) mass is 356 g/mol. The van der Waals surface area contributed by atoms with Gasteiger partial charge in [-0.15, -0.1) is 0 Å². The van der Waals surface area contributed by atoms with Crippen LogP contribution >= 0.6 is 0 Å². The Morgan fingerprint density at radius 1 is 1.46 bits per heavy atom. The van der Waals surface area contributed by atoms with Crippen LogP contribution in [-0.2, 0) is 16.1 Å². The Kier molecular flexibility index (Phi) is 5.71. The molecule has 1 aromatic heterocycles. The van der Waals surface area contributed by atoms with Crippen LogP contribution < -0.4 is 14.8 Å². The predicted octanol–water partition coefficient (Wildman–Crippen LogP) is 1.12. The summed E-state index contributed by atoms with van der Waals surface area (Å²) in [7, 11) is 0. The Morgan fingerprint density at radius 2 is 2.31 bits per heavy atom. The number of carbonyl (C=O) groups excluding carboxylic acids is 1. The summed E-state index contributed by atoms with van der Waals surface area (Å²) in [5.74, 6) is 0.722. The number of carbonyl (C=O) groups is 1. The van der Waals surface area contributed by atoms with E-state index in [1.54, 1.807) is 41.3 Å². The molecule has 0 radical (unpaired) electrons. The molecule has 1 aromatic carbocycles. The first-order valence-electron chi connectivity index (χ1n) is 8.37. The Bertz CT molecular complexity index is 798. The zero-order valence-corrected chi connectivity index (χ0v) is 14.4. The van der Waals surface area contributed by atoms with Gasteiger partial charge in [0, 0.05) is 6.54 Å². The van der Waals surface area contributed by atoms with Crippen LogP contribution in [0.4, 0.5) is 0 Å². The summed E-state index contributed by atoms with van der Waals surface area (Å²) in [4.78, 5) is 12.2. The summed E-state index contributed by atoms with van der Waals surface area (Å²) in [5, 5.41) is 16.1. The average molecular weight is 356 g/mol. The third kappa shape index (κ3) is 4.32. The third-order valence-electron chi connectivity index (χ3n) is 3.96. The normalized spacial score (nSPS) is 18.9. The van der Waals surface area contributed by atoms with E-state index in [2.05, 4.69) is 10.4 Å². The van der Waals surface area contributed by atoms with Crippen LogP contribution in [0.5, 0.6) is 11.5 Å². The molecule has 3 rings (SSSR count). The van der Waals surface area contributed by atoms with Crippen molar-refractivity contribution in [3.63, 3.8) is 0 Å². The van der Waals surface area contributed by atoms with Crippen molar-refractivity contribution in [3.05, 3.63) is 42.2 Å². The van der Waals surface area contributed by atoms with Gasteiger partial charge >= 0.3 is 0 Å². The van der Waals surface area contributed by atoms with Gasteiger partial charge in [-0.05, 0) is 19.1 Å². The molecule has 2 atom stereocenters. The van der Waals surface area contributed by atoms with Gasteiger partial charge in [0.1, 0.15) is 17.9 Å². The Hall–Kier alpha value is -3.05. The summed E-state index contributed by atoms with van der Waals surface area (Å²) < 4.78 is 18.5. The van der Waals surface area contributed by atoms with Gasteiger partial charge in [-0.3, -0.25) is 9.48 Å². The molecule has 0 bridgehead atoms. The van der Waals surface area contributed by atoms with Crippen LogP contribution in [0.1, 0.15) is 12.5 Å². The number of benzene rings is 1. The van der Waals surface area contributed by atoms with Gasteiger partial charge in [-0.1, -0.05) is 12.1 Å². The molecule has 136 valence electrons. The molecule has 0 aliphatic carbocycles. The summed E-state index contributed by atoms with van der Waals surface area (Å²) >= 11 is 0. The van der Waals surface area contributed by atoms with E-state index in [0.717, 1.165) is 6.54 Å². The number of ether oxygens (including phenoxy) is 3. The fourth-order valence-corrected chi connectivity index (χ4v) is 2.62. The molecule has 1 aliphatic heterocycles. The van der Waals surface area contributed by atoms with Crippen LogP contribution in [0.2, 0.25) is 0 Å². The molecule has 1 fully saturated rings. The lowest BCUT2D eigenvalue weighted by Crippen LogP contribution is -2.46. The highest BCUT2D eigenvalue weighted by molar-refractivity contribution is 5.78. The van der Waals surface area contributed by atoms with Crippen molar-refractivity contribution in [1.29, 1.82) is 5.26 Å². The van der Waals surface area contributed by atoms with E-state index in [1.807, 2.05) is 13.0 Å². The molecule has 8 nitrogen and oxygen atoms in total. The topological polar surface area (TPSA) is 98.4 Å². The molecule has 1 aliphatic rings. The number of nitrogens with zero attached hydrogens (tertiary/aromatic N) is 3. The Labute approximate surface area is 151 Å².